The van der Waals surface area contributed by atoms with E-state index in [1.165, 1.54) is 38.0 Å². The molecule has 0 radical (unpaired) electrons. The van der Waals surface area contributed by atoms with Crippen molar-refractivity contribution < 1.29 is 9.53 Å². The van der Waals surface area contributed by atoms with Gasteiger partial charge in [-0.05, 0) is 71.9 Å². The summed E-state index contributed by atoms with van der Waals surface area (Å²) in [6.07, 6.45) is 1.76. The second kappa shape index (κ2) is 16.3. The normalized spacial score (nSPS) is 12.1. The molecule has 0 aliphatic rings. The molecule has 242 valence electrons. The smallest absolute Gasteiger partial charge is 0.351 e. The number of carbonyl (C=O) groups is 1. The maximum Gasteiger partial charge on any atom is 0.351 e. The first-order valence-electron chi connectivity index (χ1n) is 16.4. The lowest BCUT2D eigenvalue weighted by molar-refractivity contribution is -0.134. The standard InChI is InChI=1S/C43H39N2O2P2/c1-2-47-43(46)33-44-45-36(34-48(37-21-9-3-10-22-37,38-23-11-4-12-24-38)39-25-13-5-14-26-39)35-49(40-27-15-6-16-28-40,41-29-17-7-18-30-41)42-31-19-8-20-32-42/h3-34H,2,35H2,1H3/q+1/b44-33-,45-36-. The summed E-state index contributed by atoms with van der Waals surface area (Å²) in [5, 5.41) is 16.7. The summed E-state index contributed by atoms with van der Waals surface area (Å²) in [4.78, 5) is 12.5. The Morgan fingerprint density at radius 1 is 0.571 bits per heavy atom. The van der Waals surface area contributed by atoms with E-state index in [4.69, 9.17) is 9.84 Å². The lowest BCUT2D eigenvalue weighted by atomic mass is 10.3. The number of esters is 1. The van der Waals surface area contributed by atoms with Crippen molar-refractivity contribution in [3.63, 3.8) is 0 Å². The molecule has 6 aromatic rings. The largest absolute Gasteiger partial charge is 0.462 e. The van der Waals surface area contributed by atoms with Gasteiger partial charge in [-0.1, -0.05) is 146 Å². The van der Waals surface area contributed by atoms with Crippen molar-refractivity contribution in [2.75, 3.05) is 12.8 Å². The molecule has 0 bridgehead atoms. The quantitative estimate of drug-likeness (QED) is 0.0622. The molecule has 0 atom stereocenters. The molecule has 0 aliphatic carbocycles. The Morgan fingerprint density at radius 2 is 0.918 bits per heavy atom. The number of benzene rings is 6. The number of nitrogens with zero attached hydrogens (tertiary/aromatic N) is 2. The average Bonchev–Trinajstić information content (AvgIpc) is 3.18. The number of hydrogen-bond acceptors (Lipinski definition) is 4. The van der Waals surface area contributed by atoms with E-state index in [-0.39, 0.29) is 6.61 Å². The third kappa shape index (κ3) is 7.47. The van der Waals surface area contributed by atoms with Gasteiger partial charge < -0.3 is 4.74 Å². The molecule has 0 saturated carbocycles. The van der Waals surface area contributed by atoms with Crippen LogP contribution in [-0.4, -0.2) is 36.5 Å². The zero-order valence-electron chi connectivity index (χ0n) is 27.5. The van der Waals surface area contributed by atoms with Crippen LogP contribution in [0.3, 0.4) is 0 Å². The maximum absolute atomic E-state index is 12.5. The Kier molecular flexibility index (Phi) is 11.2. The Balaban J connectivity index is 1.72. The topological polar surface area (TPSA) is 51.0 Å². The van der Waals surface area contributed by atoms with E-state index >= 15 is 0 Å². The molecule has 4 nitrogen and oxygen atoms in total. The Morgan fingerprint density at radius 3 is 1.27 bits per heavy atom. The highest BCUT2D eigenvalue weighted by molar-refractivity contribution is 7.97. The van der Waals surface area contributed by atoms with Crippen molar-refractivity contribution in [3.8, 4) is 0 Å². The number of carbonyl (C=O) groups excluding carboxylic acids is 1. The third-order valence-corrected chi connectivity index (χ3v) is 16.8. The number of hydrogen-bond donors (Lipinski definition) is 0. The second-order valence-corrected chi connectivity index (χ2v) is 18.2. The van der Waals surface area contributed by atoms with Crippen molar-refractivity contribution in [1.29, 1.82) is 0 Å². The summed E-state index contributed by atoms with van der Waals surface area (Å²) in [5.74, 6) is 1.86. The Hall–Kier alpha value is -5.14. The number of rotatable bonds is 12. The van der Waals surface area contributed by atoms with Gasteiger partial charge in [-0.2, -0.15) is 10.2 Å². The molecule has 0 saturated heterocycles. The summed E-state index contributed by atoms with van der Waals surface area (Å²) < 4.78 is 5.19. The average molecular weight is 678 g/mol. The zero-order chi connectivity index (χ0) is 33.8. The molecule has 6 aromatic carbocycles. The minimum atomic E-state index is -2.47. The molecule has 6 rings (SSSR count). The molecule has 0 amide bonds. The van der Waals surface area contributed by atoms with Crippen molar-refractivity contribution >= 4 is 69.7 Å². The second-order valence-electron chi connectivity index (χ2n) is 11.4. The van der Waals surface area contributed by atoms with Gasteiger partial charge in [-0.15, -0.1) is 0 Å². The predicted octanol–water partition coefficient (Wildman–Crippen LogP) is 6.77. The maximum atomic E-state index is 12.5. The van der Waals surface area contributed by atoms with E-state index < -0.39 is 20.1 Å². The van der Waals surface area contributed by atoms with Crippen LogP contribution in [0.1, 0.15) is 6.92 Å². The van der Waals surface area contributed by atoms with Gasteiger partial charge in [-0.3, -0.25) is 0 Å². The fourth-order valence-electron chi connectivity index (χ4n) is 6.32. The molecule has 49 heavy (non-hydrogen) atoms. The van der Waals surface area contributed by atoms with Crippen LogP contribution in [-0.2, 0) is 9.53 Å². The molecule has 0 heterocycles. The molecule has 0 aromatic heterocycles. The molecule has 0 N–H and O–H groups in total. The Bertz CT molecular complexity index is 1850. The lowest BCUT2D eigenvalue weighted by Crippen LogP contribution is -2.37. The summed E-state index contributed by atoms with van der Waals surface area (Å²) in [7, 11) is -2.38. The van der Waals surface area contributed by atoms with Crippen molar-refractivity contribution in [2.45, 2.75) is 6.92 Å². The predicted molar refractivity (Wildman–Crippen MR) is 214 cm³/mol. The van der Waals surface area contributed by atoms with Crippen molar-refractivity contribution in [1.82, 2.24) is 0 Å². The van der Waals surface area contributed by atoms with E-state index in [9.17, 15) is 4.79 Å². The van der Waals surface area contributed by atoms with Gasteiger partial charge in [0.2, 0.25) is 0 Å². The molecule has 0 fully saturated rings. The SMILES string of the molecule is CCOC(=O)/C=N\N=C(\C=P(c1ccccc1)(c1ccccc1)c1ccccc1)C[P+](c1ccccc1)(c1ccccc1)c1ccccc1. The van der Waals surface area contributed by atoms with E-state index in [0.717, 1.165) is 5.71 Å². The molecule has 0 unspecified atom stereocenters. The van der Waals surface area contributed by atoms with E-state index in [1.807, 2.05) is 0 Å². The van der Waals surface area contributed by atoms with Gasteiger partial charge in [0.1, 0.15) is 41.3 Å². The van der Waals surface area contributed by atoms with Crippen LogP contribution in [0.2, 0.25) is 0 Å². The first-order valence-corrected chi connectivity index (χ1v) is 20.2. The van der Waals surface area contributed by atoms with Crippen LogP contribution in [0.4, 0.5) is 0 Å². The monoisotopic (exact) mass is 677 g/mol. The summed E-state index contributed by atoms with van der Waals surface area (Å²) >= 11 is 0. The molecular weight excluding hydrogens is 638 g/mol. The fraction of sp³-hybridized carbons (Fsp3) is 0.0698. The third-order valence-electron chi connectivity index (χ3n) is 8.46. The van der Waals surface area contributed by atoms with Gasteiger partial charge in [0.25, 0.3) is 0 Å². The minimum absolute atomic E-state index is 0.267. The molecule has 0 spiro atoms. The van der Waals surface area contributed by atoms with E-state index in [0.29, 0.717) is 6.16 Å². The van der Waals surface area contributed by atoms with Crippen LogP contribution < -0.4 is 31.8 Å². The minimum Gasteiger partial charge on any atom is -0.462 e. The van der Waals surface area contributed by atoms with Gasteiger partial charge in [0.05, 0.1) is 6.61 Å². The van der Waals surface area contributed by atoms with Crippen molar-refractivity contribution in [2.24, 2.45) is 10.2 Å². The first-order chi connectivity index (χ1) is 24.2. The zero-order valence-corrected chi connectivity index (χ0v) is 29.3. The lowest BCUT2D eigenvalue weighted by Gasteiger charge is -2.31. The van der Waals surface area contributed by atoms with Crippen LogP contribution in [0.15, 0.2) is 192 Å². The molecule has 0 aliphatic heterocycles. The van der Waals surface area contributed by atoms with Crippen LogP contribution in [0.25, 0.3) is 0 Å². The fourth-order valence-corrected chi connectivity index (χ4v) is 14.5. The van der Waals surface area contributed by atoms with Crippen LogP contribution >= 0.6 is 14.1 Å². The van der Waals surface area contributed by atoms with Gasteiger partial charge in [-0.25, -0.2) is 4.79 Å². The molecule has 6 heteroatoms. The summed E-state index contributed by atoms with van der Waals surface area (Å²) in [6.45, 7) is -0.425. The van der Waals surface area contributed by atoms with Crippen molar-refractivity contribution in [3.05, 3.63) is 182 Å². The summed E-state index contributed by atoms with van der Waals surface area (Å²) in [6, 6.07) is 64.4. The highest BCUT2D eigenvalue weighted by Gasteiger charge is 2.46. The molecular formula is C43H39N2O2P2+. The highest BCUT2D eigenvalue weighted by Crippen LogP contribution is 2.56. The summed E-state index contributed by atoms with van der Waals surface area (Å²) in [5.41, 5.74) is 0.801. The van der Waals surface area contributed by atoms with Gasteiger partial charge >= 0.3 is 5.97 Å². The highest BCUT2D eigenvalue weighted by atomic mass is 31.2. The Labute approximate surface area is 290 Å². The van der Waals surface area contributed by atoms with Gasteiger partial charge in [0, 0.05) is 0 Å². The first kappa shape index (κ1) is 33.7. The van der Waals surface area contributed by atoms with E-state index in [1.54, 1.807) is 6.92 Å². The van der Waals surface area contributed by atoms with Crippen LogP contribution in [0.5, 0.6) is 0 Å². The van der Waals surface area contributed by atoms with E-state index in [2.05, 4.69) is 193 Å². The van der Waals surface area contributed by atoms with Crippen LogP contribution in [0, 0.1) is 0 Å². The van der Waals surface area contributed by atoms with Gasteiger partial charge in [0.15, 0.2) is 0 Å². The number of ether oxygens (including phenoxy) is 1.